The van der Waals surface area contributed by atoms with Crippen LogP contribution in [0.15, 0.2) is 54.9 Å². The zero-order chi connectivity index (χ0) is 27.3. The zero-order valence-corrected chi connectivity index (χ0v) is 22.1. The Morgan fingerprint density at radius 1 is 1.00 bits per heavy atom. The average molecular weight is 520 g/mol. The second-order valence-corrected chi connectivity index (χ2v) is 9.37. The van der Waals surface area contributed by atoms with E-state index in [-0.39, 0.29) is 30.4 Å². The summed E-state index contributed by atoms with van der Waals surface area (Å²) in [6.45, 7) is 4.79. The number of ether oxygens (including phenoxy) is 2. The van der Waals surface area contributed by atoms with Gasteiger partial charge in [-0.05, 0) is 48.7 Å². The standard InChI is InChI=1S/C28H33N5O5/c1-5-13-33-26(35)24-23(25(34)29-16-20-7-6-8-22(14-20)38-4)31-18-32(24)17-28(33,2)27(36)30-15-19-9-11-21(37-3)12-10-19/h6-12,14,18H,5,13,15-17H2,1-4H3,(H,29,34)(H,30,36). The summed E-state index contributed by atoms with van der Waals surface area (Å²) >= 11 is 0. The van der Waals surface area contributed by atoms with Crippen LogP contribution < -0.4 is 20.1 Å². The first-order valence-corrected chi connectivity index (χ1v) is 12.5. The van der Waals surface area contributed by atoms with Crippen molar-refractivity contribution >= 4 is 17.7 Å². The van der Waals surface area contributed by atoms with Gasteiger partial charge in [-0.25, -0.2) is 4.98 Å². The molecule has 1 aromatic heterocycles. The first-order chi connectivity index (χ1) is 18.3. The van der Waals surface area contributed by atoms with E-state index in [0.29, 0.717) is 25.3 Å². The normalized spacial score (nSPS) is 16.5. The molecule has 0 aliphatic carbocycles. The molecule has 0 saturated carbocycles. The molecule has 0 bridgehead atoms. The highest BCUT2D eigenvalue weighted by molar-refractivity contribution is 6.07. The topological polar surface area (TPSA) is 115 Å². The average Bonchev–Trinajstić information content (AvgIpc) is 3.36. The van der Waals surface area contributed by atoms with Crippen LogP contribution in [0.3, 0.4) is 0 Å². The van der Waals surface area contributed by atoms with E-state index in [1.54, 1.807) is 30.6 Å². The van der Waals surface area contributed by atoms with Gasteiger partial charge in [-0.15, -0.1) is 0 Å². The Kier molecular flexibility index (Phi) is 7.99. The van der Waals surface area contributed by atoms with Gasteiger partial charge in [-0.1, -0.05) is 31.2 Å². The summed E-state index contributed by atoms with van der Waals surface area (Å²) in [7, 11) is 3.18. The number of hydrogen-bond acceptors (Lipinski definition) is 6. The van der Waals surface area contributed by atoms with Gasteiger partial charge >= 0.3 is 0 Å². The Labute approximate surface area is 221 Å². The number of methoxy groups -OCH3 is 2. The van der Waals surface area contributed by atoms with Gasteiger partial charge in [0, 0.05) is 19.6 Å². The van der Waals surface area contributed by atoms with Gasteiger partial charge in [0.05, 0.1) is 27.1 Å². The second-order valence-electron chi connectivity index (χ2n) is 9.37. The lowest BCUT2D eigenvalue weighted by Gasteiger charge is -2.43. The van der Waals surface area contributed by atoms with Crippen molar-refractivity contribution in [3.05, 3.63) is 77.4 Å². The van der Waals surface area contributed by atoms with Crippen molar-refractivity contribution in [2.75, 3.05) is 20.8 Å². The molecule has 2 aromatic carbocycles. The number of carbonyl (C=O) groups excluding carboxylic acids is 3. The number of imidazole rings is 1. The third-order valence-electron chi connectivity index (χ3n) is 6.71. The number of nitrogens with zero attached hydrogens (tertiary/aromatic N) is 3. The number of amides is 3. The van der Waals surface area contributed by atoms with E-state index in [2.05, 4.69) is 15.6 Å². The van der Waals surface area contributed by atoms with Crippen molar-refractivity contribution in [1.29, 1.82) is 0 Å². The maximum absolute atomic E-state index is 13.7. The number of hydrogen-bond donors (Lipinski definition) is 2. The minimum Gasteiger partial charge on any atom is -0.497 e. The molecule has 4 rings (SSSR count). The van der Waals surface area contributed by atoms with Gasteiger partial charge in [-0.2, -0.15) is 0 Å². The van der Waals surface area contributed by atoms with E-state index in [1.807, 2.05) is 55.5 Å². The van der Waals surface area contributed by atoms with Crippen LogP contribution >= 0.6 is 0 Å². The van der Waals surface area contributed by atoms with Gasteiger partial charge < -0.3 is 29.6 Å². The van der Waals surface area contributed by atoms with Crippen LogP contribution in [0.2, 0.25) is 0 Å². The van der Waals surface area contributed by atoms with Crippen LogP contribution in [-0.2, 0) is 24.4 Å². The van der Waals surface area contributed by atoms with Crippen LogP contribution in [0.5, 0.6) is 11.5 Å². The van der Waals surface area contributed by atoms with Crippen molar-refractivity contribution < 1.29 is 23.9 Å². The first kappa shape index (κ1) is 26.7. The molecular weight excluding hydrogens is 486 g/mol. The Hall–Kier alpha value is -4.34. The Morgan fingerprint density at radius 3 is 2.39 bits per heavy atom. The van der Waals surface area contributed by atoms with Crippen molar-refractivity contribution in [2.45, 2.75) is 45.4 Å². The Balaban J connectivity index is 1.51. The maximum Gasteiger partial charge on any atom is 0.273 e. The molecule has 38 heavy (non-hydrogen) atoms. The van der Waals surface area contributed by atoms with Crippen LogP contribution in [0.4, 0.5) is 0 Å². The van der Waals surface area contributed by atoms with Crippen molar-refractivity contribution in [3.63, 3.8) is 0 Å². The summed E-state index contributed by atoms with van der Waals surface area (Å²) in [6, 6.07) is 14.8. The summed E-state index contributed by atoms with van der Waals surface area (Å²) in [5, 5.41) is 5.80. The highest BCUT2D eigenvalue weighted by atomic mass is 16.5. The fourth-order valence-electron chi connectivity index (χ4n) is 4.59. The molecule has 1 aliphatic rings. The largest absolute Gasteiger partial charge is 0.497 e. The predicted octanol–water partition coefficient (Wildman–Crippen LogP) is 2.77. The summed E-state index contributed by atoms with van der Waals surface area (Å²) in [6.07, 6.45) is 2.10. The number of carbonyl (C=O) groups is 3. The van der Waals surface area contributed by atoms with Crippen molar-refractivity contribution in [1.82, 2.24) is 25.1 Å². The lowest BCUT2D eigenvalue weighted by atomic mass is 9.93. The van der Waals surface area contributed by atoms with E-state index < -0.39 is 17.4 Å². The third kappa shape index (κ3) is 5.34. The van der Waals surface area contributed by atoms with E-state index in [4.69, 9.17) is 9.47 Å². The molecule has 10 nitrogen and oxygen atoms in total. The minimum atomic E-state index is -1.15. The smallest absolute Gasteiger partial charge is 0.273 e. The summed E-state index contributed by atoms with van der Waals surface area (Å²) in [4.78, 5) is 46.0. The first-order valence-electron chi connectivity index (χ1n) is 12.5. The molecule has 0 saturated heterocycles. The number of aromatic nitrogens is 2. The van der Waals surface area contributed by atoms with E-state index in [9.17, 15) is 14.4 Å². The predicted molar refractivity (Wildman–Crippen MR) is 141 cm³/mol. The molecule has 1 atom stereocenters. The molecule has 200 valence electrons. The van der Waals surface area contributed by atoms with E-state index in [1.165, 1.54) is 6.33 Å². The van der Waals surface area contributed by atoms with Crippen LogP contribution in [0.25, 0.3) is 0 Å². The molecule has 0 radical (unpaired) electrons. The maximum atomic E-state index is 13.7. The molecule has 1 aliphatic heterocycles. The molecular formula is C28H33N5O5. The molecule has 10 heteroatoms. The van der Waals surface area contributed by atoms with Gasteiger partial charge in [0.1, 0.15) is 22.7 Å². The quantitative estimate of drug-likeness (QED) is 0.426. The lowest BCUT2D eigenvalue weighted by Crippen LogP contribution is -2.64. The van der Waals surface area contributed by atoms with Crippen LogP contribution in [-0.4, -0.2) is 58.5 Å². The molecule has 0 fully saturated rings. The van der Waals surface area contributed by atoms with Gasteiger partial charge in [0.25, 0.3) is 11.8 Å². The van der Waals surface area contributed by atoms with Gasteiger partial charge in [-0.3, -0.25) is 14.4 Å². The number of benzene rings is 2. The number of nitrogens with one attached hydrogen (secondary N) is 2. The fraction of sp³-hybridized carbons (Fsp3) is 0.357. The molecule has 3 aromatic rings. The Morgan fingerprint density at radius 2 is 1.71 bits per heavy atom. The third-order valence-corrected chi connectivity index (χ3v) is 6.71. The zero-order valence-electron chi connectivity index (χ0n) is 22.1. The SMILES string of the molecule is CCCN1C(=O)c2c(C(=O)NCc3cccc(OC)c3)ncn2CC1(C)C(=O)NCc1ccc(OC)cc1. The molecule has 0 spiro atoms. The number of rotatable bonds is 10. The van der Waals surface area contributed by atoms with E-state index >= 15 is 0 Å². The molecule has 3 amide bonds. The van der Waals surface area contributed by atoms with E-state index in [0.717, 1.165) is 16.9 Å². The van der Waals surface area contributed by atoms with Crippen molar-refractivity contribution in [3.8, 4) is 11.5 Å². The van der Waals surface area contributed by atoms with Crippen molar-refractivity contribution in [2.24, 2.45) is 0 Å². The fourth-order valence-corrected chi connectivity index (χ4v) is 4.59. The molecule has 1 unspecified atom stereocenters. The minimum absolute atomic E-state index is 0.0414. The Bertz CT molecular complexity index is 1320. The lowest BCUT2D eigenvalue weighted by molar-refractivity contribution is -0.133. The van der Waals surface area contributed by atoms with Gasteiger partial charge in [0.2, 0.25) is 5.91 Å². The van der Waals surface area contributed by atoms with Crippen LogP contribution in [0, 0.1) is 0 Å². The highest BCUT2D eigenvalue weighted by Gasteiger charge is 2.48. The summed E-state index contributed by atoms with van der Waals surface area (Å²) < 4.78 is 12.0. The molecule has 2 N–H and O–H groups in total. The van der Waals surface area contributed by atoms with Crippen LogP contribution in [0.1, 0.15) is 52.4 Å². The number of fused-ring (bicyclic) bond motifs is 1. The monoisotopic (exact) mass is 519 g/mol. The van der Waals surface area contributed by atoms with Gasteiger partial charge in [0.15, 0.2) is 5.69 Å². The summed E-state index contributed by atoms with van der Waals surface area (Å²) in [5.74, 6) is 0.280. The second kappa shape index (κ2) is 11.4. The summed E-state index contributed by atoms with van der Waals surface area (Å²) in [5.41, 5.74) is 0.833. The highest BCUT2D eigenvalue weighted by Crippen LogP contribution is 2.29. The molecule has 2 heterocycles.